The van der Waals surface area contributed by atoms with Gasteiger partial charge < -0.3 is 4.43 Å². The first-order valence-electron chi connectivity index (χ1n) is 8.71. The third-order valence-corrected chi connectivity index (χ3v) is 8.47. The molecule has 0 N–H and O–H groups in total. The van der Waals surface area contributed by atoms with Crippen molar-refractivity contribution in [3.63, 3.8) is 0 Å². The Morgan fingerprint density at radius 2 is 1.08 bits per heavy atom. The van der Waals surface area contributed by atoms with Gasteiger partial charge in [0.25, 0.3) is 0 Å². The molecule has 26 heavy (non-hydrogen) atoms. The van der Waals surface area contributed by atoms with Crippen LogP contribution in [0.15, 0.2) is 103 Å². The minimum absolute atomic E-state index is 0.268. The van der Waals surface area contributed by atoms with Gasteiger partial charge in [0.05, 0.1) is 0 Å². The SMILES string of the molecule is CC=C(C)C(=O)O[Si](c1ccccc1)(c1ccccc1)c1ccccc1. The van der Waals surface area contributed by atoms with E-state index in [1.54, 1.807) is 13.0 Å². The lowest BCUT2D eigenvalue weighted by molar-refractivity contribution is -0.130. The molecule has 3 aromatic carbocycles. The van der Waals surface area contributed by atoms with E-state index in [-0.39, 0.29) is 5.97 Å². The molecule has 3 aromatic rings. The predicted octanol–water partition coefficient (Wildman–Crippen LogP) is 3.16. The highest BCUT2D eigenvalue weighted by atomic mass is 28.4. The van der Waals surface area contributed by atoms with E-state index >= 15 is 0 Å². The molecule has 0 aliphatic heterocycles. The van der Waals surface area contributed by atoms with Gasteiger partial charge in [0, 0.05) is 5.57 Å². The van der Waals surface area contributed by atoms with E-state index in [4.69, 9.17) is 4.43 Å². The van der Waals surface area contributed by atoms with Crippen molar-refractivity contribution in [2.24, 2.45) is 0 Å². The Morgan fingerprint density at radius 1 is 0.731 bits per heavy atom. The monoisotopic (exact) mass is 358 g/mol. The van der Waals surface area contributed by atoms with Gasteiger partial charge in [0.1, 0.15) is 0 Å². The van der Waals surface area contributed by atoms with Crippen molar-refractivity contribution in [1.82, 2.24) is 0 Å². The zero-order valence-corrected chi connectivity index (χ0v) is 16.1. The Morgan fingerprint density at radius 3 is 1.38 bits per heavy atom. The molecule has 0 atom stereocenters. The number of carbonyl (C=O) groups is 1. The Labute approximate surface area is 155 Å². The van der Waals surface area contributed by atoms with Gasteiger partial charge in [0.2, 0.25) is 0 Å². The summed E-state index contributed by atoms with van der Waals surface area (Å²) in [5, 5.41) is 3.15. The van der Waals surface area contributed by atoms with Gasteiger partial charge >= 0.3 is 14.3 Å². The number of allylic oxidation sites excluding steroid dienone is 1. The van der Waals surface area contributed by atoms with Crippen LogP contribution >= 0.6 is 0 Å². The van der Waals surface area contributed by atoms with Crippen molar-refractivity contribution in [3.8, 4) is 0 Å². The lowest BCUT2D eigenvalue weighted by Crippen LogP contribution is -2.70. The van der Waals surface area contributed by atoms with Crippen molar-refractivity contribution in [2.45, 2.75) is 13.8 Å². The topological polar surface area (TPSA) is 26.3 Å². The number of hydrogen-bond donors (Lipinski definition) is 0. The summed E-state index contributed by atoms with van der Waals surface area (Å²) in [5.74, 6) is -0.268. The van der Waals surface area contributed by atoms with E-state index in [9.17, 15) is 4.79 Å². The lowest BCUT2D eigenvalue weighted by atomic mass is 10.3. The van der Waals surface area contributed by atoms with Gasteiger partial charge in [-0.1, -0.05) is 97.1 Å². The first kappa shape index (κ1) is 17.9. The highest BCUT2D eigenvalue weighted by molar-refractivity contribution is 7.07. The summed E-state index contributed by atoms with van der Waals surface area (Å²) in [6.45, 7) is 3.65. The first-order chi connectivity index (χ1) is 12.7. The summed E-state index contributed by atoms with van der Waals surface area (Å²) < 4.78 is 6.38. The third kappa shape index (κ3) is 3.39. The molecule has 0 spiro atoms. The number of benzene rings is 3. The molecule has 0 saturated carbocycles. The van der Waals surface area contributed by atoms with Gasteiger partial charge in [-0.3, -0.25) is 0 Å². The molecule has 0 heterocycles. The summed E-state index contributed by atoms with van der Waals surface area (Å²) in [6.07, 6.45) is 1.79. The summed E-state index contributed by atoms with van der Waals surface area (Å²) >= 11 is 0. The van der Waals surface area contributed by atoms with Gasteiger partial charge in [-0.25, -0.2) is 4.79 Å². The smallest absolute Gasteiger partial charge is 0.350 e. The largest absolute Gasteiger partial charge is 0.502 e. The average Bonchev–Trinajstić information content (AvgIpc) is 2.73. The second-order valence-electron chi connectivity index (χ2n) is 6.14. The zero-order valence-electron chi connectivity index (χ0n) is 15.1. The van der Waals surface area contributed by atoms with Gasteiger partial charge in [-0.15, -0.1) is 0 Å². The minimum atomic E-state index is -2.96. The average molecular weight is 359 g/mol. The van der Waals surface area contributed by atoms with Crippen LogP contribution < -0.4 is 15.6 Å². The highest BCUT2D eigenvalue weighted by Gasteiger charge is 2.45. The molecular formula is C23H22O2Si. The van der Waals surface area contributed by atoms with Gasteiger partial charge in [-0.2, -0.15) is 0 Å². The quantitative estimate of drug-likeness (QED) is 0.398. The molecule has 0 aliphatic carbocycles. The fourth-order valence-electron chi connectivity index (χ4n) is 3.03. The van der Waals surface area contributed by atoms with Gasteiger partial charge in [-0.05, 0) is 29.4 Å². The molecule has 3 rings (SSSR count). The normalized spacial score (nSPS) is 11.8. The molecule has 0 aromatic heterocycles. The third-order valence-electron chi connectivity index (χ3n) is 4.54. The van der Waals surface area contributed by atoms with E-state index in [1.165, 1.54) is 0 Å². The molecule has 0 aliphatic rings. The second kappa shape index (κ2) is 7.98. The molecule has 0 saturated heterocycles. The fraction of sp³-hybridized carbons (Fsp3) is 0.0870. The molecule has 2 nitrogen and oxygen atoms in total. The van der Waals surface area contributed by atoms with Crippen molar-refractivity contribution in [2.75, 3.05) is 0 Å². The van der Waals surface area contributed by atoms with Crippen LogP contribution in [0, 0.1) is 0 Å². The maximum absolute atomic E-state index is 12.9. The van der Waals surface area contributed by atoms with Gasteiger partial charge in [0.15, 0.2) is 0 Å². The molecule has 0 amide bonds. The van der Waals surface area contributed by atoms with Crippen molar-refractivity contribution in [1.29, 1.82) is 0 Å². The number of hydrogen-bond acceptors (Lipinski definition) is 2. The Bertz CT molecular complexity index is 791. The summed E-state index contributed by atoms with van der Waals surface area (Å²) in [5.41, 5.74) is 0.615. The van der Waals surface area contributed by atoms with Crippen molar-refractivity contribution in [3.05, 3.63) is 103 Å². The van der Waals surface area contributed by atoms with Crippen molar-refractivity contribution < 1.29 is 9.22 Å². The maximum Gasteiger partial charge on any atom is 0.350 e. The first-order valence-corrected chi connectivity index (χ1v) is 10.6. The van der Waals surface area contributed by atoms with E-state index in [0.29, 0.717) is 5.57 Å². The van der Waals surface area contributed by atoms with Crippen LogP contribution in [0.5, 0.6) is 0 Å². The molecule has 0 fully saturated rings. The minimum Gasteiger partial charge on any atom is -0.502 e. The molecular weight excluding hydrogens is 336 g/mol. The van der Waals surface area contributed by atoms with Crippen LogP contribution in [0.25, 0.3) is 0 Å². The Kier molecular flexibility index (Phi) is 5.49. The van der Waals surface area contributed by atoms with Crippen molar-refractivity contribution >= 4 is 29.8 Å². The predicted molar refractivity (Wildman–Crippen MR) is 110 cm³/mol. The molecule has 3 heteroatoms. The maximum atomic E-state index is 12.9. The molecule has 0 unspecified atom stereocenters. The zero-order chi connectivity index (χ0) is 18.4. The lowest BCUT2D eigenvalue weighted by Gasteiger charge is -2.32. The molecule has 0 radical (unpaired) electrons. The van der Waals surface area contributed by atoms with E-state index in [1.807, 2.05) is 61.5 Å². The van der Waals surface area contributed by atoms with E-state index < -0.39 is 8.32 Å². The molecule has 0 bridgehead atoms. The van der Waals surface area contributed by atoms with E-state index in [2.05, 4.69) is 36.4 Å². The Balaban J connectivity index is 2.30. The van der Waals surface area contributed by atoms with Crippen LogP contribution in [-0.2, 0) is 9.22 Å². The summed E-state index contributed by atoms with van der Waals surface area (Å²) in [7, 11) is -2.96. The fourth-order valence-corrected chi connectivity index (χ4v) is 6.81. The number of rotatable bonds is 5. The van der Waals surface area contributed by atoms with Crippen LogP contribution in [0.1, 0.15) is 13.8 Å². The Hall–Kier alpha value is -2.91. The van der Waals surface area contributed by atoms with Crippen LogP contribution in [0.2, 0.25) is 0 Å². The van der Waals surface area contributed by atoms with Crippen LogP contribution in [0.3, 0.4) is 0 Å². The summed E-state index contributed by atoms with van der Waals surface area (Å²) in [4.78, 5) is 12.9. The standard InChI is InChI=1S/C23H22O2Si/c1-3-19(2)23(24)25-26(20-13-7-4-8-14-20,21-15-9-5-10-16-21)22-17-11-6-12-18-22/h3-18H,1-2H3. The molecule has 130 valence electrons. The summed E-state index contributed by atoms with van der Waals surface area (Å²) in [6, 6.07) is 30.3. The second-order valence-corrected chi connectivity index (χ2v) is 9.44. The van der Waals surface area contributed by atoms with E-state index in [0.717, 1.165) is 15.6 Å². The highest BCUT2D eigenvalue weighted by Crippen LogP contribution is 2.12. The number of carbonyl (C=O) groups excluding carboxylic acids is 1. The van der Waals surface area contributed by atoms with Crippen LogP contribution in [-0.4, -0.2) is 14.3 Å². The van der Waals surface area contributed by atoms with Crippen LogP contribution in [0.4, 0.5) is 0 Å².